The molecule has 5 heteroatoms. The van der Waals surface area contributed by atoms with Gasteiger partial charge in [0.05, 0.1) is 24.0 Å². The maximum absolute atomic E-state index is 13.3. The molecular weight excluding hydrogens is 355 g/mol. The van der Waals surface area contributed by atoms with Gasteiger partial charge in [0.1, 0.15) is 17.3 Å². The molecule has 0 atom stereocenters. The van der Waals surface area contributed by atoms with Gasteiger partial charge >= 0.3 is 0 Å². The van der Waals surface area contributed by atoms with E-state index in [2.05, 4.69) is 17.1 Å². The number of aryl methyl sites for hydroxylation is 2. The van der Waals surface area contributed by atoms with Gasteiger partial charge in [-0.1, -0.05) is 24.3 Å². The van der Waals surface area contributed by atoms with Crippen LogP contribution in [0.2, 0.25) is 0 Å². The summed E-state index contributed by atoms with van der Waals surface area (Å²) in [4.78, 5) is 4.26. The molecule has 1 aromatic heterocycles. The van der Waals surface area contributed by atoms with E-state index in [1.807, 2.05) is 28.8 Å². The lowest BCUT2D eigenvalue weighted by molar-refractivity contribution is 0.322. The van der Waals surface area contributed by atoms with Crippen LogP contribution in [0, 0.1) is 5.82 Å². The second-order valence-corrected chi connectivity index (χ2v) is 6.73. The average molecular weight is 376 g/mol. The van der Waals surface area contributed by atoms with Crippen LogP contribution in [-0.4, -0.2) is 21.3 Å². The quantitative estimate of drug-likeness (QED) is 0.507. The lowest BCUT2D eigenvalue weighted by Crippen LogP contribution is -2.02. The van der Waals surface area contributed by atoms with Crippen LogP contribution < -0.4 is 4.74 Å². The Morgan fingerprint density at radius 2 is 1.61 bits per heavy atom. The lowest BCUT2D eigenvalue weighted by Gasteiger charge is -2.08. The SMILES string of the molecule is Oc1ccc(CCOc2ccc(CCn3cnc4cc(F)ccc43)cc2)cc1. The second kappa shape index (κ2) is 8.13. The van der Waals surface area contributed by atoms with Crippen LogP contribution in [-0.2, 0) is 19.4 Å². The van der Waals surface area contributed by atoms with Gasteiger partial charge in [-0.25, -0.2) is 9.37 Å². The molecule has 0 bridgehead atoms. The highest BCUT2D eigenvalue weighted by atomic mass is 19.1. The molecule has 0 spiro atoms. The minimum Gasteiger partial charge on any atom is -0.508 e. The summed E-state index contributed by atoms with van der Waals surface area (Å²) >= 11 is 0. The molecule has 0 saturated heterocycles. The van der Waals surface area contributed by atoms with Crippen molar-refractivity contribution in [1.82, 2.24) is 9.55 Å². The molecule has 4 rings (SSSR count). The van der Waals surface area contributed by atoms with Gasteiger partial charge in [0.25, 0.3) is 0 Å². The Balaban J connectivity index is 1.29. The fraction of sp³-hybridized carbons (Fsp3) is 0.174. The number of phenols is 1. The number of phenolic OH excluding ortho intramolecular Hbond substituents is 1. The fourth-order valence-electron chi connectivity index (χ4n) is 3.17. The Bertz CT molecular complexity index is 1060. The van der Waals surface area contributed by atoms with E-state index in [-0.39, 0.29) is 11.6 Å². The smallest absolute Gasteiger partial charge is 0.125 e. The molecule has 0 amide bonds. The normalized spacial score (nSPS) is 11.0. The van der Waals surface area contributed by atoms with Gasteiger partial charge in [-0.3, -0.25) is 0 Å². The van der Waals surface area contributed by atoms with E-state index >= 15 is 0 Å². The standard InChI is InChI=1S/C23H21FN2O2/c24-19-5-10-23-22(15-19)25-16-26(23)13-11-17-3-8-21(9-4-17)28-14-12-18-1-6-20(27)7-2-18/h1-10,15-16,27H,11-14H2. The first-order chi connectivity index (χ1) is 13.7. The summed E-state index contributed by atoms with van der Waals surface area (Å²) in [6.07, 6.45) is 3.40. The molecule has 0 radical (unpaired) electrons. The molecule has 0 aliphatic rings. The molecule has 0 saturated carbocycles. The average Bonchev–Trinajstić information content (AvgIpc) is 3.11. The molecule has 3 aromatic carbocycles. The largest absolute Gasteiger partial charge is 0.508 e. The lowest BCUT2D eigenvalue weighted by atomic mass is 10.1. The molecule has 0 aliphatic heterocycles. The molecule has 1 heterocycles. The maximum atomic E-state index is 13.3. The van der Waals surface area contributed by atoms with Crippen LogP contribution in [0.3, 0.4) is 0 Å². The number of rotatable bonds is 7. The van der Waals surface area contributed by atoms with Crippen molar-refractivity contribution in [3.05, 3.63) is 90.0 Å². The Morgan fingerprint density at radius 1 is 0.893 bits per heavy atom. The highest BCUT2D eigenvalue weighted by molar-refractivity contribution is 5.75. The third kappa shape index (κ3) is 4.31. The second-order valence-electron chi connectivity index (χ2n) is 6.73. The van der Waals surface area contributed by atoms with Crippen LogP contribution in [0.4, 0.5) is 4.39 Å². The van der Waals surface area contributed by atoms with E-state index in [9.17, 15) is 9.50 Å². The first-order valence-electron chi connectivity index (χ1n) is 9.27. The van der Waals surface area contributed by atoms with Crippen molar-refractivity contribution in [2.24, 2.45) is 0 Å². The highest BCUT2D eigenvalue weighted by Gasteiger charge is 2.04. The summed E-state index contributed by atoms with van der Waals surface area (Å²) in [5, 5.41) is 9.30. The number of aromatic hydroxyl groups is 1. The summed E-state index contributed by atoms with van der Waals surface area (Å²) in [5.41, 5.74) is 3.95. The van der Waals surface area contributed by atoms with Gasteiger partial charge in [-0.05, 0) is 53.9 Å². The van der Waals surface area contributed by atoms with Crippen molar-refractivity contribution in [2.45, 2.75) is 19.4 Å². The number of nitrogens with zero attached hydrogens (tertiary/aromatic N) is 2. The van der Waals surface area contributed by atoms with Crippen molar-refractivity contribution in [2.75, 3.05) is 6.61 Å². The van der Waals surface area contributed by atoms with Crippen molar-refractivity contribution in [3.63, 3.8) is 0 Å². The number of halogens is 1. The molecule has 0 unspecified atom stereocenters. The molecule has 0 fully saturated rings. The van der Waals surface area contributed by atoms with E-state index < -0.39 is 0 Å². The van der Waals surface area contributed by atoms with E-state index in [0.717, 1.165) is 36.2 Å². The Hall–Kier alpha value is -3.34. The van der Waals surface area contributed by atoms with Crippen LogP contribution in [0.25, 0.3) is 11.0 Å². The topological polar surface area (TPSA) is 47.3 Å². The number of hydrogen-bond donors (Lipinski definition) is 1. The van der Waals surface area contributed by atoms with Crippen molar-refractivity contribution in [1.29, 1.82) is 0 Å². The predicted octanol–water partition coefficient (Wildman–Crippen LogP) is 4.75. The Kier molecular flexibility index (Phi) is 5.24. The van der Waals surface area contributed by atoms with Gasteiger partial charge < -0.3 is 14.4 Å². The number of ether oxygens (including phenoxy) is 1. The number of hydrogen-bond acceptors (Lipinski definition) is 3. The van der Waals surface area contributed by atoms with E-state index in [4.69, 9.17) is 4.74 Å². The zero-order chi connectivity index (χ0) is 19.3. The zero-order valence-corrected chi connectivity index (χ0v) is 15.4. The van der Waals surface area contributed by atoms with E-state index in [1.54, 1.807) is 24.5 Å². The molecule has 0 aliphatic carbocycles. The number of imidazole rings is 1. The molecule has 4 aromatic rings. The molecular formula is C23H21FN2O2. The van der Waals surface area contributed by atoms with E-state index in [0.29, 0.717) is 12.1 Å². The number of benzene rings is 3. The van der Waals surface area contributed by atoms with E-state index in [1.165, 1.54) is 17.7 Å². The zero-order valence-electron chi connectivity index (χ0n) is 15.4. The summed E-state index contributed by atoms with van der Waals surface area (Å²) < 4.78 is 21.1. The van der Waals surface area contributed by atoms with Crippen LogP contribution in [0.15, 0.2) is 73.1 Å². The molecule has 28 heavy (non-hydrogen) atoms. The maximum Gasteiger partial charge on any atom is 0.125 e. The first-order valence-corrected chi connectivity index (χ1v) is 9.27. The minimum atomic E-state index is -0.265. The van der Waals surface area contributed by atoms with Crippen molar-refractivity contribution in [3.8, 4) is 11.5 Å². The van der Waals surface area contributed by atoms with Gasteiger partial charge in [0.2, 0.25) is 0 Å². The van der Waals surface area contributed by atoms with Gasteiger partial charge in [-0.15, -0.1) is 0 Å². The van der Waals surface area contributed by atoms with Gasteiger partial charge in [0.15, 0.2) is 0 Å². The third-order valence-electron chi connectivity index (χ3n) is 4.74. The van der Waals surface area contributed by atoms with Crippen LogP contribution >= 0.6 is 0 Å². The third-order valence-corrected chi connectivity index (χ3v) is 4.74. The fourth-order valence-corrected chi connectivity index (χ4v) is 3.17. The minimum absolute atomic E-state index is 0.265. The van der Waals surface area contributed by atoms with Gasteiger partial charge in [0, 0.05) is 19.0 Å². The molecule has 4 nitrogen and oxygen atoms in total. The van der Waals surface area contributed by atoms with Gasteiger partial charge in [-0.2, -0.15) is 0 Å². The van der Waals surface area contributed by atoms with Crippen LogP contribution in [0.5, 0.6) is 11.5 Å². The Morgan fingerprint density at radius 3 is 2.39 bits per heavy atom. The monoisotopic (exact) mass is 376 g/mol. The highest BCUT2D eigenvalue weighted by Crippen LogP contribution is 2.17. The Labute approximate surface area is 162 Å². The molecule has 142 valence electrons. The van der Waals surface area contributed by atoms with Crippen molar-refractivity contribution < 1.29 is 14.2 Å². The summed E-state index contributed by atoms with van der Waals surface area (Å²) in [7, 11) is 0. The summed E-state index contributed by atoms with van der Waals surface area (Å²) in [6.45, 7) is 1.37. The van der Waals surface area contributed by atoms with Crippen LogP contribution in [0.1, 0.15) is 11.1 Å². The number of aromatic nitrogens is 2. The van der Waals surface area contributed by atoms with Crippen molar-refractivity contribution >= 4 is 11.0 Å². The number of fused-ring (bicyclic) bond motifs is 1. The summed E-state index contributed by atoms with van der Waals surface area (Å²) in [6, 6.07) is 19.9. The molecule has 1 N–H and O–H groups in total. The predicted molar refractivity (Wildman–Crippen MR) is 107 cm³/mol. The summed E-state index contributed by atoms with van der Waals surface area (Å²) in [5.74, 6) is 0.848. The first kappa shape index (κ1) is 18.0.